The fraction of sp³-hybridized carbons (Fsp3) is 0.278. The molecule has 10 heteroatoms. The summed E-state index contributed by atoms with van der Waals surface area (Å²) in [4.78, 5) is 29.9. The molecule has 0 aliphatic carbocycles. The van der Waals surface area contributed by atoms with Crippen molar-refractivity contribution in [2.75, 3.05) is 17.4 Å². The Morgan fingerprint density at radius 3 is 2.09 bits per heavy atom. The van der Waals surface area contributed by atoms with Gasteiger partial charge in [-0.2, -0.15) is 0 Å². The normalized spacial score (nSPS) is 12.1. The van der Waals surface area contributed by atoms with Crippen molar-refractivity contribution in [1.29, 1.82) is 0 Å². The van der Waals surface area contributed by atoms with Crippen LogP contribution in [0.3, 0.4) is 0 Å². The standard InChI is InChI=1S/C36H39Cl2N3O4S/c1-25(2)22-39-36(43)34(21-28-9-6-5-7-10-28)40(23-29-15-17-30(37)18-16-29)35(42)24-41(33-12-8-11-32(38)27(33)4)46(44,45)31-19-13-26(3)14-20-31/h5-20,25,34H,21-24H2,1-4H3,(H,39,43). The van der Waals surface area contributed by atoms with E-state index >= 15 is 0 Å². The largest absolute Gasteiger partial charge is 0.354 e. The lowest BCUT2D eigenvalue weighted by Crippen LogP contribution is -2.53. The maximum atomic E-state index is 14.6. The smallest absolute Gasteiger partial charge is 0.264 e. The number of sulfonamides is 1. The Hall–Kier alpha value is -3.85. The summed E-state index contributed by atoms with van der Waals surface area (Å²) in [7, 11) is -4.23. The molecule has 0 spiro atoms. The lowest BCUT2D eigenvalue weighted by molar-refractivity contribution is -0.140. The second kappa shape index (κ2) is 15.6. The highest BCUT2D eigenvalue weighted by molar-refractivity contribution is 7.92. The second-order valence-electron chi connectivity index (χ2n) is 11.7. The van der Waals surface area contributed by atoms with Crippen molar-refractivity contribution in [2.45, 2.75) is 51.6 Å². The van der Waals surface area contributed by atoms with Crippen LogP contribution in [0.15, 0.2) is 102 Å². The van der Waals surface area contributed by atoms with Gasteiger partial charge in [-0.25, -0.2) is 8.42 Å². The van der Waals surface area contributed by atoms with Crippen molar-refractivity contribution >= 4 is 50.7 Å². The zero-order chi connectivity index (χ0) is 33.4. The van der Waals surface area contributed by atoms with Crippen molar-refractivity contribution < 1.29 is 18.0 Å². The molecule has 7 nitrogen and oxygen atoms in total. The number of nitrogens with one attached hydrogen (secondary N) is 1. The fourth-order valence-electron chi connectivity index (χ4n) is 4.98. The van der Waals surface area contributed by atoms with E-state index in [1.807, 2.05) is 51.1 Å². The van der Waals surface area contributed by atoms with Gasteiger partial charge in [-0.1, -0.05) is 103 Å². The molecule has 0 bridgehead atoms. The van der Waals surface area contributed by atoms with Crippen LogP contribution in [0.5, 0.6) is 0 Å². The van der Waals surface area contributed by atoms with Gasteiger partial charge < -0.3 is 10.2 Å². The molecule has 1 unspecified atom stereocenters. The number of nitrogens with zero attached hydrogens (tertiary/aromatic N) is 2. The van der Waals surface area contributed by atoms with Crippen molar-refractivity contribution in [3.05, 3.63) is 129 Å². The highest BCUT2D eigenvalue weighted by Crippen LogP contribution is 2.31. The zero-order valence-corrected chi connectivity index (χ0v) is 28.7. The van der Waals surface area contributed by atoms with E-state index in [1.54, 1.807) is 61.5 Å². The first-order valence-electron chi connectivity index (χ1n) is 15.1. The van der Waals surface area contributed by atoms with Crippen LogP contribution in [0.1, 0.15) is 36.1 Å². The van der Waals surface area contributed by atoms with Crippen molar-refractivity contribution in [2.24, 2.45) is 5.92 Å². The van der Waals surface area contributed by atoms with Crippen LogP contribution in [-0.4, -0.2) is 44.3 Å². The van der Waals surface area contributed by atoms with Gasteiger partial charge in [-0.3, -0.25) is 13.9 Å². The van der Waals surface area contributed by atoms with Gasteiger partial charge in [0.1, 0.15) is 12.6 Å². The van der Waals surface area contributed by atoms with Crippen LogP contribution in [0, 0.1) is 19.8 Å². The van der Waals surface area contributed by atoms with Crippen LogP contribution >= 0.6 is 23.2 Å². The Kier molecular flexibility index (Phi) is 11.9. The SMILES string of the molecule is Cc1ccc(S(=O)(=O)N(CC(=O)N(Cc2ccc(Cl)cc2)C(Cc2ccccc2)C(=O)NCC(C)C)c2cccc(Cl)c2C)cc1. The summed E-state index contributed by atoms with van der Waals surface area (Å²) in [5.41, 5.74) is 3.27. The molecule has 4 aromatic carbocycles. The van der Waals surface area contributed by atoms with Crippen molar-refractivity contribution in [1.82, 2.24) is 10.2 Å². The summed E-state index contributed by atoms with van der Waals surface area (Å²) in [5.74, 6) is -0.694. The Bertz CT molecular complexity index is 1750. The lowest BCUT2D eigenvalue weighted by atomic mass is 10.0. The van der Waals surface area contributed by atoms with E-state index in [0.717, 1.165) is 21.0 Å². The molecule has 0 saturated heterocycles. The van der Waals surface area contributed by atoms with Crippen molar-refractivity contribution in [3.63, 3.8) is 0 Å². The third-order valence-electron chi connectivity index (χ3n) is 7.62. The molecular weight excluding hydrogens is 641 g/mol. The summed E-state index contributed by atoms with van der Waals surface area (Å²) in [5, 5.41) is 3.89. The van der Waals surface area contributed by atoms with Gasteiger partial charge in [0.05, 0.1) is 10.6 Å². The molecule has 4 aromatic rings. The molecule has 0 aromatic heterocycles. The number of benzene rings is 4. The predicted molar refractivity (Wildman–Crippen MR) is 186 cm³/mol. The van der Waals surface area contributed by atoms with E-state index in [9.17, 15) is 18.0 Å². The average molecular weight is 681 g/mol. The Labute approximate surface area is 282 Å². The van der Waals surface area contributed by atoms with Crippen LogP contribution in [0.4, 0.5) is 5.69 Å². The van der Waals surface area contributed by atoms with Crippen LogP contribution in [0.25, 0.3) is 0 Å². The molecule has 0 radical (unpaired) electrons. The van der Waals surface area contributed by atoms with Gasteiger partial charge in [-0.15, -0.1) is 0 Å². The third-order valence-corrected chi connectivity index (χ3v) is 10.1. The van der Waals surface area contributed by atoms with Crippen LogP contribution < -0.4 is 9.62 Å². The predicted octanol–water partition coefficient (Wildman–Crippen LogP) is 7.22. The number of hydrogen-bond acceptors (Lipinski definition) is 4. The molecule has 1 N–H and O–H groups in total. The van der Waals surface area contributed by atoms with Crippen molar-refractivity contribution in [3.8, 4) is 0 Å². The van der Waals surface area contributed by atoms with E-state index in [0.29, 0.717) is 22.2 Å². The van der Waals surface area contributed by atoms with Gasteiger partial charge in [0.15, 0.2) is 0 Å². The zero-order valence-electron chi connectivity index (χ0n) is 26.4. The molecule has 0 heterocycles. The number of carbonyl (C=O) groups excluding carboxylic acids is 2. The number of hydrogen-bond donors (Lipinski definition) is 1. The first-order chi connectivity index (χ1) is 21.9. The molecule has 0 fully saturated rings. The molecular formula is C36H39Cl2N3O4S. The number of rotatable bonds is 13. The topological polar surface area (TPSA) is 86.8 Å². The summed E-state index contributed by atoms with van der Waals surface area (Å²) in [6.45, 7) is 7.47. The molecule has 1 atom stereocenters. The summed E-state index contributed by atoms with van der Waals surface area (Å²) in [6.07, 6.45) is 0.227. The molecule has 0 aliphatic heterocycles. The summed E-state index contributed by atoms with van der Waals surface area (Å²) >= 11 is 12.6. The first-order valence-corrected chi connectivity index (χ1v) is 17.3. The van der Waals surface area contributed by atoms with E-state index < -0.39 is 28.5 Å². The first kappa shape index (κ1) is 35.0. The van der Waals surface area contributed by atoms with E-state index in [-0.39, 0.29) is 35.4 Å². The summed E-state index contributed by atoms with van der Waals surface area (Å²) < 4.78 is 29.6. The minimum Gasteiger partial charge on any atom is -0.354 e. The Morgan fingerprint density at radius 2 is 1.46 bits per heavy atom. The summed E-state index contributed by atoms with van der Waals surface area (Å²) in [6, 6.07) is 26.9. The number of anilines is 1. The highest BCUT2D eigenvalue weighted by atomic mass is 35.5. The van der Waals surface area contributed by atoms with E-state index in [2.05, 4.69) is 5.32 Å². The molecule has 2 amide bonds. The number of halogens is 2. The Balaban J connectivity index is 1.82. The quantitative estimate of drug-likeness (QED) is 0.162. The lowest BCUT2D eigenvalue weighted by Gasteiger charge is -2.34. The van der Waals surface area contributed by atoms with Gasteiger partial charge in [0.2, 0.25) is 11.8 Å². The molecule has 242 valence electrons. The fourth-order valence-corrected chi connectivity index (χ4v) is 6.75. The number of aryl methyl sites for hydroxylation is 1. The van der Waals surface area contributed by atoms with Gasteiger partial charge >= 0.3 is 0 Å². The third kappa shape index (κ3) is 8.90. The second-order valence-corrected chi connectivity index (χ2v) is 14.4. The highest BCUT2D eigenvalue weighted by Gasteiger charge is 2.35. The van der Waals surface area contributed by atoms with E-state index in [4.69, 9.17) is 23.2 Å². The minimum absolute atomic E-state index is 0.0324. The van der Waals surface area contributed by atoms with Gasteiger partial charge in [-0.05, 0) is 72.9 Å². The maximum absolute atomic E-state index is 14.6. The minimum atomic E-state index is -4.23. The molecule has 0 aliphatic rings. The Morgan fingerprint density at radius 1 is 0.804 bits per heavy atom. The number of carbonyl (C=O) groups is 2. The maximum Gasteiger partial charge on any atom is 0.264 e. The molecule has 46 heavy (non-hydrogen) atoms. The van der Waals surface area contributed by atoms with Crippen LogP contribution in [0.2, 0.25) is 10.0 Å². The van der Waals surface area contributed by atoms with Crippen LogP contribution in [-0.2, 0) is 32.6 Å². The van der Waals surface area contributed by atoms with Gasteiger partial charge in [0.25, 0.3) is 10.0 Å². The average Bonchev–Trinajstić information content (AvgIpc) is 3.03. The monoisotopic (exact) mass is 679 g/mol. The molecule has 4 rings (SSSR count). The van der Waals surface area contributed by atoms with Gasteiger partial charge in [0, 0.05) is 29.6 Å². The molecule has 0 saturated carbocycles. The number of amides is 2. The van der Waals surface area contributed by atoms with E-state index in [1.165, 1.54) is 17.0 Å².